The minimum atomic E-state index is 0. The predicted molar refractivity (Wildman–Crippen MR) is 120 cm³/mol. The molecule has 5 nitrogen and oxygen atoms in total. The highest BCUT2D eigenvalue weighted by molar-refractivity contribution is 14.0. The van der Waals surface area contributed by atoms with E-state index in [2.05, 4.69) is 16.9 Å². The van der Waals surface area contributed by atoms with Gasteiger partial charge in [-0.3, -0.25) is 4.99 Å². The van der Waals surface area contributed by atoms with E-state index >= 15 is 0 Å². The summed E-state index contributed by atoms with van der Waals surface area (Å²) in [6.07, 6.45) is 12.5. The van der Waals surface area contributed by atoms with Gasteiger partial charge in [0.1, 0.15) is 5.76 Å². The molecular formula is C19H32IN3O2S. The van der Waals surface area contributed by atoms with Gasteiger partial charge in [-0.15, -0.1) is 24.0 Å². The van der Waals surface area contributed by atoms with Crippen molar-refractivity contribution >= 4 is 41.7 Å². The first-order valence-electron chi connectivity index (χ1n) is 9.55. The molecule has 1 saturated carbocycles. The molecule has 3 unspecified atom stereocenters. The highest BCUT2D eigenvalue weighted by Gasteiger charge is 2.22. The third kappa shape index (κ3) is 7.31. The number of ether oxygens (including phenoxy) is 1. The first-order chi connectivity index (χ1) is 12.3. The Hall–Kier alpha value is -0.410. The van der Waals surface area contributed by atoms with E-state index in [0.717, 1.165) is 55.9 Å². The molecule has 3 atom stereocenters. The van der Waals surface area contributed by atoms with Crippen molar-refractivity contribution in [2.45, 2.75) is 62.3 Å². The monoisotopic (exact) mass is 493 g/mol. The molecule has 2 fully saturated rings. The average Bonchev–Trinajstić information content (AvgIpc) is 3.33. The number of nitrogens with zero attached hydrogens (tertiary/aromatic N) is 1. The number of rotatable bonds is 7. The summed E-state index contributed by atoms with van der Waals surface area (Å²) in [4.78, 5) is 4.80. The van der Waals surface area contributed by atoms with E-state index in [1.807, 2.05) is 23.9 Å². The maximum absolute atomic E-state index is 5.71. The Balaban J connectivity index is 0.00000243. The fourth-order valence-electron chi connectivity index (χ4n) is 3.58. The van der Waals surface area contributed by atoms with Gasteiger partial charge in [0.2, 0.25) is 0 Å². The van der Waals surface area contributed by atoms with Gasteiger partial charge in [0, 0.05) is 30.9 Å². The van der Waals surface area contributed by atoms with Gasteiger partial charge < -0.3 is 19.8 Å². The van der Waals surface area contributed by atoms with E-state index < -0.39 is 0 Å². The van der Waals surface area contributed by atoms with Gasteiger partial charge in [-0.1, -0.05) is 6.42 Å². The maximum Gasteiger partial charge on any atom is 0.191 e. The third-order valence-corrected chi connectivity index (χ3v) is 6.12. The van der Waals surface area contributed by atoms with E-state index in [1.54, 1.807) is 6.26 Å². The SMILES string of the molecule is CSC1CCCC(NC(=NCC2CCCO2)NCCc2ccco2)C1.I. The average molecular weight is 493 g/mol. The normalized spacial score (nSPS) is 26.3. The predicted octanol–water partition coefficient (Wildman–Crippen LogP) is 3.83. The van der Waals surface area contributed by atoms with Gasteiger partial charge in [-0.2, -0.15) is 11.8 Å². The topological polar surface area (TPSA) is 58.8 Å². The first-order valence-corrected chi connectivity index (χ1v) is 10.8. The fourth-order valence-corrected chi connectivity index (χ4v) is 4.40. The van der Waals surface area contributed by atoms with Crippen molar-refractivity contribution in [1.82, 2.24) is 10.6 Å². The van der Waals surface area contributed by atoms with Gasteiger partial charge in [0.15, 0.2) is 5.96 Å². The van der Waals surface area contributed by atoms with Crippen LogP contribution in [0.4, 0.5) is 0 Å². The molecular weight excluding hydrogens is 461 g/mol. The van der Waals surface area contributed by atoms with Crippen molar-refractivity contribution in [2.75, 3.05) is 26.0 Å². The van der Waals surface area contributed by atoms with Crippen LogP contribution in [0.15, 0.2) is 27.8 Å². The molecule has 2 heterocycles. The molecule has 0 spiro atoms. The van der Waals surface area contributed by atoms with Crippen LogP contribution in [0.3, 0.4) is 0 Å². The zero-order valence-electron chi connectivity index (χ0n) is 15.6. The summed E-state index contributed by atoms with van der Waals surface area (Å²) in [5.74, 6) is 1.93. The molecule has 26 heavy (non-hydrogen) atoms. The molecule has 3 rings (SSSR count). The summed E-state index contributed by atoms with van der Waals surface area (Å²) in [5, 5.41) is 7.91. The number of furan rings is 1. The Morgan fingerprint density at radius 2 is 2.23 bits per heavy atom. The van der Waals surface area contributed by atoms with Crippen molar-refractivity contribution in [3.8, 4) is 0 Å². The first kappa shape index (κ1) is 21.9. The highest BCUT2D eigenvalue weighted by Crippen LogP contribution is 2.26. The summed E-state index contributed by atoms with van der Waals surface area (Å²) < 4.78 is 11.1. The van der Waals surface area contributed by atoms with Crippen molar-refractivity contribution < 1.29 is 9.15 Å². The zero-order chi connectivity index (χ0) is 17.3. The molecule has 2 aliphatic rings. The molecule has 0 aromatic carbocycles. The highest BCUT2D eigenvalue weighted by atomic mass is 127. The van der Waals surface area contributed by atoms with Gasteiger partial charge in [0.25, 0.3) is 0 Å². The number of halogens is 1. The number of guanidine groups is 1. The Labute approximate surface area is 178 Å². The molecule has 148 valence electrons. The standard InChI is InChI=1S/C19H31N3O2S.HI/c1-25-18-8-2-5-15(13-18)22-19(21-14-17-7-4-12-24-17)20-10-9-16-6-3-11-23-16;/h3,6,11,15,17-18H,2,4-5,7-10,12-14H2,1H3,(H2,20,21,22);1H. The smallest absolute Gasteiger partial charge is 0.191 e. The molecule has 0 amide bonds. The molecule has 1 aliphatic carbocycles. The fraction of sp³-hybridized carbons (Fsp3) is 0.737. The molecule has 1 aromatic heterocycles. The van der Waals surface area contributed by atoms with Crippen LogP contribution in [0.25, 0.3) is 0 Å². The second-order valence-corrected chi connectivity index (χ2v) is 8.08. The lowest BCUT2D eigenvalue weighted by molar-refractivity contribution is 0.117. The van der Waals surface area contributed by atoms with Crippen LogP contribution in [0.2, 0.25) is 0 Å². The number of thioether (sulfide) groups is 1. The minimum absolute atomic E-state index is 0. The van der Waals surface area contributed by atoms with Gasteiger partial charge in [0.05, 0.1) is 18.9 Å². The summed E-state index contributed by atoms with van der Waals surface area (Å²) in [5.41, 5.74) is 0. The summed E-state index contributed by atoms with van der Waals surface area (Å²) in [6, 6.07) is 4.47. The van der Waals surface area contributed by atoms with Gasteiger partial charge in [-0.05, 0) is 50.5 Å². The van der Waals surface area contributed by atoms with Crippen LogP contribution < -0.4 is 10.6 Å². The van der Waals surface area contributed by atoms with Crippen molar-refractivity contribution in [1.29, 1.82) is 0 Å². The number of aliphatic imine (C=N–C) groups is 1. The largest absolute Gasteiger partial charge is 0.469 e. The molecule has 1 saturated heterocycles. The van der Waals surface area contributed by atoms with E-state index in [-0.39, 0.29) is 30.1 Å². The van der Waals surface area contributed by atoms with Crippen LogP contribution in [0.1, 0.15) is 44.3 Å². The molecule has 0 radical (unpaired) electrons. The van der Waals surface area contributed by atoms with Crippen molar-refractivity contribution in [3.63, 3.8) is 0 Å². The summed E-state index contributed by atoms with van der Waals surface area (Å²) in [7, 11) is 0. The zero-order valence-corrected chi connectivity index (χ0v) is 18.8. The molecule has 0 bridgehead atoms. The number of hydrogen-bond acceptors (Lipinski definition) is 4. The van der Waals surface area contributed by atoms with Crippen molar-refractivity contribution in [2.24, 2.45) is 4.99 Å². The molecule has 1 aromatic rings. The van der Waals surface area contributed by atoms with Crippen LogP contribution in [-0.2, 0) is 11.2 Å². The minimum Gasteiger partial charge on any atom is -0.469 e. The second kappa shape index (κ2) is 12.1. The molecule has 1 aliphatic heterocycles. The van der Waals surface area contributed by atoms with Crippen molar-refractivity contribution in [3.05, 3.63) is 24.2 Å². The lowest BCUT2D eigenvalue weighted by atomic mass is 9.95. The Morgan fingerprint density at radius 1 is 1.31 bits per heavy atom. The van der Waals surface area contributed by atoms with Crippen LogP contribution in [0.5, 0.6) is 0 Å². The Bertz CT molecular complexity index is 521. The second-order valence-electron chi connectivity index (χ2n) is 6.95. The van der Waals surface area contributed by atoms with Crippen LogP contribution in [-0.4, -0.2) is 49.3 Å². The van der Waals surface area contributed by atoms with E-state index in [4.69, 9.17) is 14.1 Å². The van der Waals surface area contributed by atoms with Crippen LogP contribution in [0, 0.1) is 0 Å². The van der Waals surface area contributed by atoms with Gasteiger partial charge in [-0.25, -0.2) is 0 Å². The lowest BCUT2D eigenvalue weighted by Crippen LogP contribution is -2.46. The number of hydrogen-bond donors (Lipinski definition) is 2. The lowest BCUT2D eigenvalue weighted by Gasteiger charge is -2.30. The number of nitrogens with one attached hydrogen (secondary N) is 2. The maximum atomic E-state index is 5.71. The molecule has 7 heteroatoms. The van der Waals surface area contributed by atoms with E-state index in [1.165, 1.54) is 25.7 Å². The Morgan fingerprint density at radius 3 is 2.96 bits per heavy atom. The quantitative estimate of drug-likeness (QED) is 0.344. The van der Waals surface area contributed by atoms with E-state index in [0.29, 0.717) is 6.04 Å². The van der Waals surface area contributed by atoms with Crippen LogP contribution >= 0.6 is 35.7 Å². The summed E-state index contributed by atoms with van der Waals surface area (Å²) >= 11 is 1.99. The van der Waals surface area contributed by atoms with Gasteiger partial charge >= 0.3 is 0 Å². The van der Waals surface area contributed by atoms with E-state index in [9.17, 15) is 0 Å². The Kier molecular flexibility index (Phi) is 10.2. The summed E-state index contributed by atoms with van der Waals surface area (Å²) in [6.45, 7) is 2.45. The molecule has 2 N–H and O–H groups in total. The third-order valence-electron chi connectivity index (χ3n) is 5.02.